The molecule has 148 valence electrons. The lowest BCUT2D eigenvalue weighted by Crippen LogP contribution is -2.23. The first-order valence-corrected chi connectivity index (χ1v) is 11.1. The van der Waals surface area contributed by atoms with Crippen LogP contribution in [0.15, 0.2) is 67.4 Å². The maximum atomic E-state index is 12.9. The summed E-state index contributed by atoms with van der Waals surface area (Å²) in [6.07, 6.45) is 1.44. The molecule has 0 radical (unpaired) electrons. The highest BCUT2D eigenvalue weighted by molar-refractivity contribution is 9.10. The van der Waals surface area contributed by atoms with Gasteiger partial charge in [0.1, 0.15) is 0 Å². The Morgan fingerprint density at radius 2 is 1.90 bits per heavy atom. The van der Waals surface area contributed by atoms with Gasteiger partial charge in [-0.25, -0.2) is 4.98 Å². The number of hydrogen-bond donors (Lipinski definition) is 0. The van der Waals surface area contributed by atoms with Crippen LogP contribution in [0.25, 0.3) is 10.9 Å². The highest BCUT2D eigenvalue weighted by Gasteiger charge is 2.14. The van der Waals surface area contributed by atoms with E-state index in [4.69, 9.17) is 9.40 Å². The van der Waals surface area contributed by atoms with Gasteiger partial charge in [0, 0.05) is 11.0 Å². The molecule has 0 aliphatic carbocycles. The van der Waals surface area contributed by atoms with Gasteiger partial charge in [-0.3, -0.25) is 9.36 Å². The van der Waals surface area contributed by atoms with Crippen LogP contribution in [0.1, 0.15) is 30.7 Å². The first kappa shape index (κ1) is 19.8. The van der Waals surface area contributed by atoms with Crippen LogP contribution in [0.2, 0.25) is 0 Å². The minimum Gasteiger partial charge on any atom is -0.424 e. The molecule has 8 heteroatoms. The number of halogens is 1. The van der Waals surface area contributed by atoms with Gasteiger partial charge in [0.05, 0.1) is 23.1 Å². The van der Waals surface area contributed by atoms with Crippen molar-refractivity contribution in [1.82, 2.24) is 19.7 Å². The van der Waals surface area contributed by atoms with Crippen LogP contribution in [0, 0.1) is 0 Å². The Labute approximate surface area is 180 Å². The number of rotatable bonds is 7. The third-order valence-electron chi connectivity index (χ3n) is 4.36. The van der Waals surface area contributed by atoms with E-state index in [0.717, 1.165) is 16.5 Å². The van der Waals surface area contributed by atoms with Crippen molar-refractivity contribution in [2.75, 3.05) is 0 Å². The van der Waals surface area contributed by atoms with Gasteiger partial charge in [-0.1, -0.05) is 64.9 Å². The lowest BCUT2D eigenvalue weighted by Gasteiger charge is -2.11. The predicted molar refractivity (Wildman–Crippen MR) is 117 cm³/mol. The largest absolute Gasteiger partial charge is 0.424 e. The maximum absolute atomic E-state index is 12.9. The zero-order chi connectivity index (χ0) is 20.2. The molecule has 4 aromatic rings. The van der Waals surface area contributed by atoms with E-state index in [0.29, 0.717) is 46.6 Å². The van der Waals surface area contributed by atoms with E-state index in [1.165, 1.54) is 11.8 Å². The number of fused-ring (bicyclic) bond motifs is 1. The number of thioether (sulfide) groups is 1. The summed E-state index contributed by atoms with van der Waals surface area (Å²) < 4.78 is 8.37. The molecular weight excluding hydrogens is 452 g/mol. The molecule has 0 atom stereocenters. The Bertz CT molecular complexity index is 1190. The predicted octanol–water partition coefficient (Wildman–Crippen LogP) is 4.84. The summed E-state index contributed by atoms with van der Waals surface area (Å²) in [5.41, 5.74) is 1.77. The second kappa shape index (κ2) is 8.92. The summed E-state index contributed by atoms with van der Waals surface area (Å²) in [4.78, 5) is 17.6. The molecule has 0 saturated carbocycles. The first-order valence-electron chi connectivity index (χ1n) is 9.32. The van der Waals surface area contributed by atoms with Crippen LogP contribution < -0.4 is 5.56 Å². The zero-order valence-corrected chi connectivity index (χ0v) is 18.2. The van der Waals surface area contributed by atoms with Gasteiger partial charge in [-0.05, 0) is 30.2 Å². The Morgan fingerprint density at radius 3 is 2.69 bits per heavy atom. The molecule has 0 saturated heterocycles. The topological polar surface area (TPSA) is 73.8 Å². The van der Waals surface area contributed by atoms with Crippen LogP contribution in [0.5, 0.6) is 0 Å². The van der Waals surface area contributed by atoms with Gasteiger partial charge in [0.25, 0.3) is 5.56 Å². The lowest BCUT2D eigenvalue weighted by molar-refractivity contribution is 0.473. The van der Waals surface area contributed by atoms with E-state index in [9.17, 15) is 4.79 Å². The second-order valence-corrected chi connectivity index (χ2v) is 8.41. The molecule has 0 bridgehead atoms. The maximum Gasteiger partial charge on any atom is 0.262 e. The van der Waals surface area contributed by atoms with Crippen LogP contribution in [-0.4, -0.2) is 19.7 Å². The fraction of sp³-hybridized carbons (Fsp3) is 0.238. The van der Waals surface area contributed by atoms with Crippen molar-refractivity contribution < 1.29 is 4.42 Å². The third-order valence-corrected chi connectivity index (χ3v) is 5.81. The third kappa shape index (κ3) is 4.59. The van der Waals surface area contributed by atoms with Gasteiger partial charge in [-0.2, -0.15) is 0 Å². The van der Waals surface area contributed by atoms with E-state index in [-0.39, 0.29) is 5.56 Å². The smallest absolute Gasteiger partial charge is 0.262 e. The molecule has 2 aromatic heterocycles. The van der Waals surface area contributed by atoms with E-state index >= 15 is 0 Å². The summed E-state index contributed by atoms with van der Waals surface area (Å²) >= 11 is 4.86. The average Bonchev–Trinajstić information content (AvgIpc) is 3.17. The van der Waals surface area contributed by atoms with Crippen molar-refractivity contribution in [3.63, 3.8) is 0 Å². The van der Waals surface area contributed by atoms with Gasteiger partial charge in [-0.15, -0.1) is 10.2 Å². The fourth-order valence-corrected chi connectivity index (χ4v) is 4.24. The molecule has 0 N–H and O–H groups in total. The molecule has 2 heterocycles. The van der Waals surface area contributed by atoms with Gasteiger partial charge in [0.2, 0.25) is 11.8 Å². The van der Waals surface area contributed by atoms with Crippen molar-refractivity contribution in [2.24, 2.45) is 0 Å². The minimum atomic E-state index is -0.0315. The van der Waals surface area contributed by atoms with Crippen molar-refractivity contribution in [1.29, 1.82) is 0 Å². The monoisotopic (exact) mass is 470 g/mol. The Hall–Kier alpha value is -2.45. The number of aromatic nitrogens is 4. The molecule has 0 aliphatic rings. The Morgan fingerprint density at radius 1 is 1.10 bits per heavy atom. The van der Waals surface area contributed by atoms with E-state index < -0.39 is 0 Å². The summed E-state index contributed by atoms with van der Waals surface area (Å²) in [6, 6.07) is 15.6. The van der Waals surface area contributed by atoms with Crippen LogP contribution in [-0.2, 0) is 18.7 Å². The molecule has 29 heavy (non-hydrogen) atoms. The van der Waals surface area contributed by atoms with Crippen LogP contribution >= 0.6 is 27.7 Å². The Balaban J connectivity index is 1.56. The van der Waals surface area contributed by atoms with Crippen molar-refractivity contribution in [2.45, 2.75) is 37.2 Å². The minimum absolute atomic E-state index is 0.0315. The fourth-order valence-electron chi connectivity index (χ4n) is 3.02. The molecule has 0 amide bonds. The number of benzene rings is 2. The second-order valence-electron chi connectivity index (χ2n) is 6.55. The van der Waals surface area contributed by atoms with Crippen LogP contribution in [0.4, 0.5) is 0 Å². The highest BCUT2D eigenvalue weighted by atomic mass is 79.9. The quantitative estimate of drug-likeness (QED) is 0.284. The molecule has 6 nitrogen and oxygen atoms in total. The molecule has 0 unspecified atom stereocenters. The van der Waals surface area contributed by atoms with Gasteiger partial charge < -0.3 is 4.42 Å². The Kier molecular flexibility index (Phi) is 6.10. The van der Waals surface area contributed by atoms with E-state index in [1.54, 1.807) is 4.57 Å². The summed E-state index contributed by atoms with van der Waals surface area (Å²) in [6.45, 7) is 2.65. The average molecular weight is 471 g/mol. The number of nitrogens with zero attached hydrogens (tertiary/aromatic N) is 4. The molecular formula is C21H19BrN4O2S. The molecule has 4 rings (SSSR count). The van der Waals surface area contributed by atoms with Gasteiger partial charge in [0.15, 0.2) is 5.16 Å². The standard InChI is InChI=1S/C21H19BrN4O2S/c1-2-10-26-20(27)16-12-15(22)8-9-17(16)23-21(26)29-13-19-25-24-18(28-19)11-14-6-4-3-5-7-14/h3-9,12H,2,10-11,13H2,1H3. The highest BCUT2D eigenvalue weighted by Crippen LogP contribution is 2.23. The molecule has 2 aromatic carbocycles. The summed E-state index contributed by atoms with van der Waals surface area (Å²) in [7, 11) is 0. The van der Waals surface area contributed by atoms with Gasteiger partial charge >= 0.3 is 0 Å². The normalized spacial score (nSPS) is 11.2. The number of hydrogen-bond acceptors (Lipinski definition) is 6. The van der Waals surface area contributed by atoms with Crippen LogP contribution in [0.3, 0.4) is 0 Å². The van der Waals surface area contributed by atoms with E-state index in [2.05, 4.69) is 26.1 Å². The zero-order valence-electron chi connectivity index (χ0n) is 15.8. The van der Waals surface area contributed by atoms with E-state index in [1.807, 2.05) is 55.5 Å². The lowest BCUT2D eigenvalue weighted by atomic mass is 10.2. The SMILES string of the molecule is CCCn1c(SCc2nnc(Cc3ccccc3)o2)nc2ccc(Br)cc2c1=O. The first-order chi connectivity index (χ1) is 14.1. The summed E-state index contributed by atoms with van der Waals surface area (Å²) in [5, 5.41) is 9.55. The molecule has 0 aliphatic heterocycles. The van der Waals surface area contributed by atoms with Crippen molar-refractivity contribution in [3.8, 4) is 0 Å². The molecule has 0 spiro atoms. The molecule has 0 fully saturated rings. The van der Waals surface area contributed by atoms with Crippen molar-refractivity contribution in [3.05, 3.63) is 80.7 Å². The van der Waals surface area contributed by atoms with Crippen molar-refractivity contribution >= 4 is 38.6 Å². The summed E-state index contributed by atoms with van der Waals surface area (Å²) in [5.74, 6) is 1.56.